The van der Waals surface area contributed by atoms with Crippen molar-refractivity contribution in [2.45, 2.75) is 6.42 Å². The molecule has 0 spiro atoms. The Kier molecular flexibility index (Phi) is 4.41. The molecule has 1 heterocycles. The van der Waals surface area contributed by atoms with Gasteiger partial charge >= 0.3 is 5.97 Å². The Balaban J connectivity index is 1.64. The number of β-amino-alcohol motifs (C(OH)–C–C–N with tert-alkyl or cyclic N) is 1. The van der Waals surface area contributed by atoms with E-state index in [0.29, 0.717) is 0 Å². The van der Waals surface area contributed by atoms with Crippen LogP contribution in [0.2, 0.25) is 0 Å². The van der Waals surface area contributed by atoms with Crippen LogP contribution in [0.15, 0.2) is 53.7 Å². The van der Waals surface area contributed by atoms with Crippen LogP contribution in [0.1, 0.15) is 11.1 Å². The van der Waals surface area contributed by atoms with Crippen molar-refractivity contribution in [1.29, 1.82) is 0 Å². The summed E-state index contributed by atoms with van der Waals surface area (Å²) in [7, 11) is 1.29. The summed E-state index contributed by atoms with van der Waals surface area (Å²) in [6.45, 7) is 0.138. The normalized spacial score (nSPS) is 15.0. The van der Waals surface area contributed by atoms with Gasteiger partial charge in [-0.3, -0.25) is 4.79 Å². The van der Waals surface area contributed by atoms with Crippen LogP contribution < -0.4 is 5.32 Å². The quantitative estimate of drug-likeness (QED) is 0.677. The smallest absolute Gasteiger partial charge is 0.337 e. The summed E-state index contributed by atoms with van der Waals surface area (Å²) >= 11 is 0. The number of nitrogens with zero attached hydrogens (tertiary/aromatic N) is 1. The number of aliphatic hydroxyl groups excluding tert-OH is 1. The number of methoxy groups -OCH3 is 1. The summed E-state index contributed by atoms with van der Waals surface area (Å²) in [5.74, 6) is -0.854. The Labute approximate surface area is 157 Å². The summed E-state index contributed by atoms with van der Waals surface area (Å²) < 4.78 is 4.82. The van der Waals surface area contributed by atoms with E-state index < -0.39 is 5.97 Å². The van der Waals surface area contributed by atoms with Crippen molar-refractivity contribution in [3.8, 4) is 11.1 Å². The predicted octanol–water partition coefficient (Wildman–Crippen LogP) is 1.93. The van der Waals surface area contributed by atoms with Gasteiger partial charge in [0.2, 0.25) is 0 Å². The molecule has 0 bridgehead atoms. The van der Waals surface area contributed by atoms with Crippen molar-refractivity contribution in [2.75, 3.05) is 32.1 Å². The third-order valence-corrected chi connectivity index (χ3v) is 5.02. The summed E-state index contributed by atoms with van der Waals surface area (Å²) in [6, 6.07) is 14.2. The fraction of sp³-hybridized carbons (Fsp3) is 0.238. The van der Waals surface area contributed by atoms with Crippen molar-refractivity contribution < 1.29 is 19.4 Å². The van der Waals surface area contributed by atoms with E-state index in [2.05, 4.69) is 17.4 Å². The van der Waals surface area contributed by atoms with E-state index >= 15 is 0 Å². The zero-order valence-electron chi connectivity index (χ0n) is 15.0. The van der Waals surface area contributed by atoms with Gasteiger partial charge in [0.05, 0.1) is 25.8 Å². The number of nitrogens with one attached hydrogen (secondary N) is 1. The number of benzene rings is 2. The minimum absolute atomic E-state index is 0.130. The molecule has 1 aliphatic carbocycles. The molecule has 0 aromatic heterocycles. The van der Waals surface area contributed by atoms with Gasteiger partial charge < -0.3 is 20.1 Å². The van der Waals surface area contributed by atoms with Gasteiger partial charge in [-0.05, 0) is 40.8 Å². The van der Waals surface area contributed by atoms with Gasteiger partial charge in [0.1, 0.15) is 5.70 Å². The highest BCUT2D eigenvalue weighted by Gasteiger charge is 2.34. The van der Waals surface area contributed by atoms with Gasteiger partial charge in [0, 0.05) is 12.2 Å². The van der Waals surface area contributed by atoms with Crippen LogP contribution in [0.25, 0.3) is 11.1 Å². The van der Waals surface area contributed by atoms with Crippen molar-refractivity contribution in [1.82, 2.24) is 4.90 Å². The number of hydrogen-bond donors (Lipinski definition) is 2. The van der Waals surface area contributed by atoms with Gasteiger partial charge in [0.25, 0.3) is 5.91 Å². The summed E-state index contributed by atoms with van der Waals surface area (Å²) in [6.07, 6.45) is 0.842. The number of ether oxygens (including phenoxy) is 1. The number of amides is 1. The molecular weight excluding hydrogens is 344 g/mol. The van der Waals surface area contributed by atoms with Crippen LogP contribution in [0.5, 0.6) is 0 Å². The van der Waals surface area contributed by atoms with E-state index in [0.717, 1.165) is 12.1 Å². The lowest BCUT2D eigenvalue weighted by atomic mass is 10.1. The molecule has 4 rings (SSSR count). The average Bonchev–Trinajstić information content (AvgIpc) is 3.20. The molecule has 27 heavy (non-hydrogen) atoms. The van der Waals surface area contributed by atoms with Crippen LogP contribution in [-0.4, -0.2) is 48.7 Å². The van der Waals surface area contributed by atoms with Crippen molar-refractivity contribution in [3.63, 3.8) is 0 Å². The van der Waals surface area contributed by atoms with Crippen LogP contribution >= 0.6 is 0 Å². The number of carbonyl (C=O) groups excluding carboxylic acids is 2. The van der Waals surface area contributed by atoms with E-state index in [1.165, 1.54) is 34.3 Å². The average molecular weight is 364 g/mol. The van der Waals surface area contributed by atoms with Gasteiger partial charge in [-0.25, -0.2) is 4.79 Å². The van der Waals surface area contributed by atoms with E-state index in [-0.39, 0.29) is 36.9 Å². The zero-order valence-corrected chi connectivity index (χ0v) is 15.0. The number of rotatable bonds is 5. The molecule has 2 aromatic rings. The molecule has 0 saturated carbocycles. The van der Waals surface area contributed by atoms with Crippen LogP contribution in [-0.2, 0) is 20.7 Å². The van der Waals surface area contributed by atoms with Crippen molar-refractivity contribution in [2.24, 2.45) is 0 Å². The van der Waals surface area contributed by atoms with E-state index in [1.54, 1.807) is 0 Å². The van der Waals surface area contributed by atoms with Crippen LogP contribution in [0, 0.1) is 0 Å². The summed E-state index contributed by atoms with van der Waals surface area (Å²) in [5.41, 5.74) is 6.13. The van der Waals surface area contributed by atoms with Gasteiger partial charge in [-0.2, -0.15) is 0 Å². The number of aliphatic hydroxyl groups is 1. The molecule has 1 amide bonds. The van der Waals surface area contributed by atoms with Crippen molar-refractivity contribution >= 4 is 17.6 Å². The molecular formula is C21H20N2O4. The predicted molar refractivity (Wildman–Crippen MR) is 101 cm³/mol. The second kappa shape index (κ2) is 6.89. The van der Waals surface area contributed by atoms with Crippen LogP contribution in [0.4, 0.5) is 5.69 Å². The minimum Gasteiger partial charge on any atom is -0.466 e. The lowest BCUT2D eigenvalue weighted by Crippen LogP contribution is -2.31. The maximum Gasteiger partial charge on any atom is 0.337 e. The molecule has 0 atom stereocenters. The molecule has 0 fully saturated rings. The first kappa shape index (κ1) is 17.3. The number of carbonyl (C=O) groups is 2. The fourth-order valence-electron chi connectivity index (χ4n) is 3.72. The molecule has 2 aromatic carbocycles. The molecule has 2 N–H and O–H groups in total. The Morgan fingerprint density at radius 3 is 2.74 bits per heavy atom. The molecule has 0 unspecified atom stereocenters. The Morgan fingerprint density at radius 1 is 1.19 bits per heavy atom. The second-order valence-corrected chi connectivity index (χ2v) is 6.63. The highest BCUT2D eigenvalue weighted by Crippen LogP contribution is 2.38. The van der Waals surface area contributed by atoms with Gasteiger partial charge in [-0.1, -0.05) is 30.3 Å². The van der Waals surface area contributed by atoms with Crippen molar-refractivity contribution in [3.05, 3.63) is 64.9 Å². The molecule has 6 heteroatoms. The first-order valence-corrected chi connectivity index (χ1v) is 8.82. The van der Waals surface area contributed by atoms with Gasteiger partial charge in [-0.15, -0.1) is 0 Å². The lowest BCUT2D eigenvalue weighted by Gasteiger charge is -2.15. The third kappa shape index (κ3) is 2.98. The molecule has 0 saturated heterocycles. The first-order chi connectivity index (χ1) is 13.1. The number of fused-ring (bicyclic) bond motifs is 3. The number of esters is 1. The summed E-state index contributed by atoms with van der Waals surface area (Å²) in [4.78, 5) is 26.1. The van der Waals surface area contributed by atoms with Gasteiger partial charge in [0.15, 0.2) is 0 Å². The zero-order chi connectivity index (χ0) is 19.0. The standard InChI is InChI=1S/C21H20N2O4/c1-27-21(26)18-12-23(8-9-24)20(25)19(18)22-15-6-7-17-14(11-15)10-13-4-2-3-5-16(13)17/h2-7,11,22,24H,8-10,12H2,1H3. The Hall–Kier alpha value is -3.12. The van der Waals surface area contributed by atoms with Crippen LogP contribution in [0.3, 0.4) is 0 Å². The molecule has 6 nitrogen and oxygen atoms in total. The fourth-order valence-corrected chi connectivity index (χ4v) is 3.72. The maximum atomic E-state index is 12.6. The Morgan fingerprint density at radius 2 is 1.96 bits per heavy atom. The highest BCUT2D eigenvalue weighted by molar-refractivity contribution is 6.08. The molecule has 2 aliphatic rings. The molecule has 138 valence electrons. The topological polar surface area (TPSA) is 78.9 Å². The molecule has 1 aliphatic heterocycles. The van der Waals surface area contributed by atoms with E-state index in [1.807, 2.05) is 30.3 Å². The number of hydrogen-bond acceptors (Lipinski definition) is 5. The first-order valence-electron chi connectivity index (χ1n) is 8.82. The monoisotopic (exact) mass is 364 g/mol. The molecule has 0 radical (unpaired) electrons. The minimum atomic E-state index is -0.542. The summed E-state index contributed by atoms with van der Waals surface area (Å²) in [5, 5.41) is 12.3. The highest BCUT2D eigenvalue weighted by atomic mass is 16.5. The number of anilines is 1. The third-order valence-electron chi connectivity index (χ3n) is 5.02. The van der Waals surface area contributed by atoms with E-state index in [9.17, 15) is 9.59 Å². The SMILES string of the molecule is COC(=O)C1=C(Nc2ccc3c(c2)Cc2ccccc2-3)C(=O)N(CCO)C1. The maximum absolute atomic E-state index is 12.6. The Bertz CT molecular complexity index is 964. The second-order valence-electron chi connectivity index (χ2n) is 6.63. The largest absolute Gasteiger partial charge is 0.466 e. The lowest BCUT2D eigenvalue weighted by molar-refractivity contribution is -0.136. The van der Waals surface area contributed by atoms with E-state index in [4.69, 9.17) is 9.84 Å².